The first kappa shape index (κ1) is 21.0. The minimum Gasteiger partial charge on any atom is -0.493 e. The summed E-state index contributed by atoms with van der Waals surface area (Å²) in [5.41, 5.74) is 1.60. The quantitative estimate of drug-likeness (QED) is 0.547. The van der Waals surface area contributed by atoms with Crippen LogP contribution in [-0.4, -0.2) is 50.1 Å². The van der Waals surface area contributed by atoms with Crippen LogP contribution < -0.4 is 9.47 Å². The summed E-state index contributed by atoms with van der Waals surface area (Å²) < 4.78 is 20.4. The smallest absolute Gasteiger partial charge is 0.355 e. The third kappa shape index (κ3) is 4.33. The van der Waals surface area contributed by atoms with Crippen LogP contribution in [0.3, 0.4) is 0 Å². The van der Waals surface area contributed by atoms with E-state index in [1.54, 1.807) is 32.9 Å². The van der Waals surface area contributed by atoms with Crippen molar-refractivity contribution in [3.8, 4) is 11.5 Å². The molecule has 0 amide bonds. The number of rotatable bonds is 8. The van der Waals surface area contributed by atoms with Gasteiger partial charge < -0.3 is 23.9 Å². The summed E-state index contributed by atoms with van der Waals surface area (Å²) in [6.45, 7) is 4.71. The summed E-state index contributed by atoms with van der Waals surface area (Å²) in [4.78, 5) is 39.6. The summed E-state index contributed by atoms with van der Waals surface area (Å²) in [5.74, 6) is -0.762. The molecule has 1 heterocycles. The number of ether oxygens (including phenoxy) is 4. The van der Waals surface area contributed by atoms with E-state index >= 15 is 0 Å². The first-order valence-electron chi connectivity index (χ1n) is 8.62. The Morgan fingerprint density at radius 1 is 0.964 bits per heavy atom. The molecule has 0 bridgehead atoms. The Balaban J connectivity index is 2.12. The number of carbonyl (C=O) groups is 3. The highest BCUT2D eigenvalue weighted by molar-refractivity contribution is 6.02. The summed E-state index contributed by atoms with van der Waals surface area (Å²) in [5, 5.41) is 0. The molecule has 0 aliphatic carbocycles. The maximum Gasteiger partial charge on any atom is 0.355 e. The van der Waals surface area contributed by atoms with Gasteiger partial charge in [-0.3, -0.25) is 4.79 Å². The van der Waals surface area contributed by atoms with Gasteiger partial charge in [-0.2, -0.15) is 0 Å². The topological polar surface area (TPSA) is 104 Å². The molecule has 0 saturated heterocycles. The highest BCUT2D eigenvalue weighted by Gasteiger charge is 2.24. The van der Waals surface area contributed by atoms with E-state index < -0.39 is 24.3 Å². The lowest BCUT2D eigenvalue weighted by molar-refractivity contribution is 0.0473. The van der Waals surface area contributed by atoms with E-state index in [0.717, 1.165) is 0 Å². The molecule has 1 aromatic carbocycles. The fourth-order valence-electron chi connectivity index (χ4n) is 2.76. The fraction of sp³-hybridized carbons (Fsp3) is 0.350. The molecule has 2 aromatic rings. The third-order valence-corrected chi connectivity index (χ3v) is 4.16. The average Bonchev–Trinajstić information content (AvgIpc) is 2.99. The van der Waals surface area contributed by atoms with E-state index in [1.165, 1.54) is 20.3 Å². The van der Waals surface area contributed by atoms with Crippen LogP contribution in [0.4, 0.5) is 0 Å². The van der Waals surface area contributed by atoms with Gasteiger partial charge in [0.25, 0.3) is 0 Å². The number of benzene rings is 1. The highest BCUT2D eigenvalue weighted by atomic mass is 16.5. The van der Waals surface area contributed by atoms with Crippen LogP contribution in [-0.2, 0) is 9.47 Å². The molecule has 0 spiro atoms. The number of hydrogen-bond donors (Lipinski definition) is 1. The highest BCUT2D eigenvalue weighted by Crippen LogP contribution is 2.28. The number of aryl methyl sites for hydroxylation is 1. The predicted molar refractivity (Wildman–Crippen MR) is 100 cm³/mol. The molecule has 0 aliphatic rings. The second-order valence-electron chi connectivity index (χ2n) is 5.91. The van der Waals surface area contributed by atoms with Crippen molar-refractivity contribution in [3.63, 3.8) is 0 Å². The van der Waals surface area contributed by atoms with E-state index in [1.807, 2.05) is 0 Å². The number of nitrogens with one attached hydrogen (secondary N) is 1. The van der Waals surface area contributed by atoms with Gasteiger partial charge in [0.05, 0.1) is 26.4 Å². The summed E-state index contributed by atoms with van der Waals surface area (Å²) >= 11 is 0. The minimum absolute atomic E-state index is 0.192. The van der Waals surface area contributed by atoms with E-state index in [-0.39, 0.29) is 17.9 Å². The van der Waals surface area contributed by atoms with Crippen LogP contribution in [0.25, 0.3) is 0 Å². The van der Waals surface area contributed by atoms with Gasteiger partial charge in [0.15, 0.2) is 23.9 Å². The molecule has 0 saturated carbocycles. The molecular weight excluding hydrogens is 366 g/mol. The number of esters is 2. The molecule has 8 heteroatoms. The Labute approximate surface area is 162 Å². The first-order chi connectivity index (χ1) is 13.3. The third-order valence-electron chi connectivity index (χ3n) is 4.16. The molecule has 8 nitrogen and oxygen atoms in total. The fourth-order valence-corrected chi connectivity index (χ4v) is 2.76. The van der Waals surface area contributed by atoms with Crippen LogP contribution >= 0.6 is 0 Å². The van der Waals surface area contributed by atoms with Crippen molar-refractivity contribution in [2.75, 3.05) is 27.4 Å². The summed E-state index contributed by atoms with van der Waals surface area (Å²) in [6.07, 6.45) is 0. The molecule has 0 radical (unpaired) electrons. The largest absolute Gasteiger partial charge is 0.493 e. The van der Waals surface area contributed by atoms with Gasteiger partial charge >= 0.3 is 11.9 Å². The van der Waals surface area contributed by atoms with Gasteiger partial charge in [0.2, 0.25) is 0 Å². The van der Waals surface area contributed by atoms with Crippen molar-refractivity contribution in [1.29, 1.82) is 0 Å². The molecule has 0 fully saturated rings. The summed E-state index contributed by atoms with van der Waals surface area (Å²) in [7, 11) is 2.96. The molecule has 150 valence electrons. The van der Waals surface area contributed by atoms with Crippen molar-refractivity contribution >= 4 is 17.7 Å². The monoisotopic (exact) mass is 389 g/mol. The normalized spacial score (nSPS) is 10.3. The maximum absolute atomic E-state index is 12.4. The number of ketones is 1. The van der Waals surface area contributed by atoms with Gasteiger partial charge in [-0.15, -0.1) is 0 Å². The van der Waals surface area contributed by atoms with Gasteiger partial charge in [-0.1, -0.05) is 0 Å². The number of Topliss-reactive ketones (excluding diaryl/α,β-unsaturated/α-hetero) is 1. The molecule has 0 unspecified atom stereocenters. The zero-order chi connectivity index (χ0) is 20.8. The number of carbonyl (C=O) groups excluding carboxylic acids is 3. The predicted octanol–water partition coefficient (Wildman–Crippen LogP) is 2.87. The minimum atomic E-state index is -0.698. The Bertz CT molecular complexity index is 898. The molecule has 0 atom stereocenters. The van der Waals surface area contributed by atoms with Crippen molar-refractivity contribution in [2.24, 2.45) is 0 Å². The van der Waals surface area contributed by atoms with Crippen LogP contribution in [0.5, 0.6) is 11.5 Å². The van der Waals surface area contributed by atoms with Crippen molar-refractivity contribution in [3.05, 3.63) is 46.3 Å². The number of methoxy groups -OCH3 is 2. The number of H-pyrrole nitrogens is 1. The molecule has 2 rings (SSSR count). The Kier molecular flexibility index (Phi) is 6.81. The lowest BCUT2D eigenvalue weighted by atomic mass is 10.1. The second kappa shape index (κ2) is 9.07. The Morgan fingerprint density at radius 3 is 2.25 bits per heavy atom. The van der Waals surface area contributed by atoms with Gasteiger partial charge in [-0.05, 0) is 44.5 Å². The maximum atomic E-state index is 12.4. The number of aromatic amines is 1. The lowest BCUT2D eigenvalue weighted by Crippen LogP contribution is -2.15. The number of hydrogen-bond acceptors (Lipinski definition) is 7. The van der Waals surface area contributed by atoms with E-state index in [0.29, 0.717) is 28.3 Å². The lowest BCUT2D eigenvalue weighted by Gasteiger charge is -2.09. The second-order valence-corrected chi connectivity index (χ2v) is 5.91. The van der Waals surface area contributed by atoms with Crippen LogP contribution in [0.2, 0.25) is 0 Å². The van der Waals surface area contributed by atoms with E-state index in [4.69, 9.17) is 18.9 Å². The SMILES string of the molecule is CCOC(=O)c1[nH]c(C)c(C(=O)OCC(=O)c2ccc(OC)c(OC)c2)c1C. The molecule has 1 N–H and O–H groups in total. The Morgan fingerprint density at radius 2 is 1.64 bits per heavy atom. The van der Waals surface area contributed by atoms with E-state index in [2.05, 4.69) is 4.98 Å². The van der Waals surface area contributed by atoms with Crippen LogP contribution in [0.1, 0.15) is 49.4 Å². The van der Waals surface area contributed by atoms with Crippen LogP contribution in [0, 0.1) is 13.8 Å². The van der Waals surface area contributed by atoms with E-state index in [9.17, 15) is 14.4 Å². The van der Waals surface area contributed by atoms with Crippen molar-refractivity contribution < 1.29 is 33.3 Å². The Hall–Kier alpha value is -3.29. The molecule has 1 aromatic heterocycles. The zero-order valence-electron chi connectivity index (χ0n) is 16.5. The average molecular weight is 389 g/mol. The van der Waals surface area contributed by atoms with Gasteiger partial charge in [0, 0.05) is 11.3 Å². The van der Waals surface area contributed by atoms with Crippen molar-refractivity contribution in [2.45, 2.75) is 20.8 Å². The standard InChI is InChI=1S/C20H23NO7/c1-6-27-20(24)18-11(2)17(12(3)21-18)19(23)28-10-14(22)13-7-8-15(25-4)16(9-13)26-5/h7-9,21H,6,10H2,1-5H3. The summed E-state index contributed by atoms with van der Waals surface area (Å²) in [6, 6.07) is 4.67. The first-order valence-corrected chi connectivity index (χ1v) is 8.62. The van der Waals surface area contributed by atoms with Crippen LogP contribution in [0.15, 0.2) is 18.2 Å². The molecule has 0 aliphatic heterocycles. The molecular formula is C20H23NO7. The number of aromatic nitrogens is 1. The van der Waals surface area contributed by atoms with Gasteiger partial charge in [-0.25, -0.2) is 9.59 Å². The molecule has 28 heavy (non-hydrogen) atoms. The zero-order valence-corrected chi connectivity index (χ0v) is 16.5. The van der Waals surface area contributed by atoms with Crippen molar-refractivity contribution in [1.82, 2.24) is 4.98 Å². The van der Waals surface area contributed by atoms with Gasteiger partial charge in [0.1, 0.15) is 5.69 Å².